The molecule has 14 heavy (non-hydrogen) atoms. The van der Waals surface area contributed by atoms with Gasteiger partial charge in [-0.05, 0) is 12.1 Å². The number of hydrogen-bond donors (Lipinski definition) is 3. The van der Waals surface area contributed by atoms with E-state index < -0.39 is 5.97 Å². The van der Waals surface area contributed by atoms with Gasteiger partial charge in [-0.25, -0.2) is 9.78 Å². The molecule has 0 radical (unpaired) electrons. The zero-order chi connectivity index (χ0) is 10.1. The van der Waals surface area contributed by atoms with Crippen molar-refractivity contribution in [2.75, 3.05) is 5.73 Å². The van der Waals surface area contributed by atoms with Gasteiger partial charge >= 0.3 is 5.97 Å². The molecular formula is C8H7N3O2S. The first kappa shape index (κ1) is 8.76. The Labute approximate surface area is 83.2 Å². The van der Waals surface area contributed by atoms with Crippen LogP contribution in [0.5, 0.6) is 0 Å². The van der Waals surface area contributed by atoms with Crippen LogP contribution in [0.1, 0.15) is 10.5 Å². The number of carbonyl (C=O) groups is 1. The summed E-state index contributed by atoms with van der Waals surface area (Å²) in [5, 5.41) is 9.33. The summed E-state index contributed by atoms with van der Waals surface area (Å²) in [6, 6.07) is 3.55. The lowest BCUT2D eigenvalue weighted by Gasteiger charge is -1.88. The Bertz CT molecular complexity index is 474. The summed E-state index contributed by atoms with van der Waals surface area (Å²) in [5.74, 6) is -0.489. The van der Waals surface area contributed by atoms with Crippen LogP contribution >= 0.6 is 11.3 Å². The number of carboxylic acids is 1. The number of H-pyrrole nitrogens is 1. The summed E-state index contributed by atoms with van der Waals surface area (Å²) in [5.41, 5.74) is 5.62. The second-order valence-corrected chi connectivity index (χ2v) is 3.77. The van der Waals surface area contributed by atoms with E-state index in [0.29, 0.717) is 10.8 Å². The lowest BCUT2D eigenvalue weighted by molar-refractivity contribution is 0.0691. The van der Waals surface area contributed by atoms with Gasteiger partial charge in [-0.2, -0.15) is 0 Å². The molecule has 0 aliphatic carbocycles. The normalized spacial score (nSPS) is 10.3. The molecule has 0 amide bonds. The minimum atomic E-state index is -1.02. The van der Waals surface area contributed by atoms with E-state index in [-0.39, 0.29) is 5.69 Å². The predicted octanol–water partition coefficient (Wildman–Crippen LogP) is 1.42. The zero-order valence-electron chi connectivity index (χ0n) is 7.02. The van der Waals surface area contributed by atoms with Gasteiger partial charge in [0, 0.05) is 0 Å². The highest BCUT2D eigenvalue weighted by atomic mass is 32.1. The van der Waals surface area contributed by atoms with E-state index in [2.05, 4.69) is 9.97 Å². The van der Waals surface area contributed by atoms with Gasteiger partial charge < -0.3 is 15.8 Å². The minimum absolute atomic E-state index is 0.0759. The lowest BCUT2D eigenvalue weighted by atomic mass is 10.4. The van der Waals surface area contributed by atoms with Gasteiger partial charge in [0.15, 0.2) is 0 Å². The second-order valence-electron chi connectivity index (χ2n) is 2.65. The summed E-state index contributed by atoms with van der Waals surface area (Å²) in [6.45, 7) is 0. The van der Waals surface area contributed by atoms with Crippen molar-refractivity contribution >= 4 is 22.3 Å². The van der Waals surface area contributed by atoms with E-state index in [1.807, 2.05) is 0 Å². The van der Waals surface area contributed by atoms with Crippen molar-refractivity contribution in [3.8, 4) is 10.7 Å². The Hall–Kier alpha value is -1.82. The molecule has 4 N–H and O–H groups in total. The SMILES string of the molecule is Nc1ccc(-c2ncc(C(=O)O)[nH]2)s1. The van der Waals surface area contributed by atoms with Crippen LogP contribution in [-0.4, -0.2) is 21.0 Å². The summed E-state index contributed by atoms with van der Waals surface area (Å²) < 4.78 is 0. The summed E-state index contributed by atoms with van der Waals surface area (Å²) in [4.78, 5) is 18.0. The maximum Gasteiger partial charge on any atom is 0.353 e. The van der Waals surface area contributed by atoms with E-state index in [0.717, 1.165) is 4.88 Å². The smallest absolute Gasteiger partial charge is 0.353 e. The maximum absolute atomic E-state index is 10.6. The molecule has 2 aromatic heterocycles. The van der Waals surface area contributed by atoms with E-state index in [1.54, 1.807) is 12.1 Å². The van der Waals surface area contributed by atoms with Crippen molar-refractivity contribution in [1.29, 1.82) is 0 Å². The van der Waals surface area contributed by atoms with Gasteiger partial charge in [-0.3, -0.25) is 0 Å². The third kappa shape index (κ3) is 1.47. The monoisotopic (exact) mass is 209 g/mol. The first-order chi connectivity index (χ1) is 6.66. The van der Waals surface area contributed by atoms with Crippen molar-refractivity contribution in [3.63, 3.8) is 0 Å². The average Bonchev–Trinajstić information content (AvgIpc) is 2.70. The van der Waals surface area contributed by atoms with Gasteiger partial charge in [0.2, 0.25) is 0 Å². The Kier molecular flexibility index (Phi) is 1.97. The van der Waals surface area contributed by atoms with Crippen LogP contribution in [0, 0.1) is 0 Å². The molecule has 72 valence electrons. The Morgan fingerprint density at radius 3 is 2.86 bits per heavy atom. The molecule has 0 spiro atoms. The van der Waals surface area contributed by atoms with Crippen LogP contribution in [0.3, 0.4) is 0 Å². The van der Waals surface area contributed by atoms with Crippen LogP contribution in [0.15, 0.2) is 18.3 Å². The fourth-order valence-corrected chi connectivity index (χ4v) is 1.76. The highest BCUT2D eigenvalue weighted by molar-refractivity contribution is 7.19. The number of aromatic amines is 1. The Morgan fingerprint density at radius 2 is 2.36 bits per heavy atom. The molecule has 0 atom stereocenters. The molecule has 0 fully saturated rings. The number of hydrogen-bond acceptors (Lipinski definition) is 4. The number of nitrogen functional groups attached to an aromatic ring is 1. The third-order valence-electron chi connectivity index (χ3n) is 1.67. The first-order valence-electron chi connectivity index (χ1n) is 3.81. The number of nitrogens with two attached hydrogens (primary N) is 1. The zero-order valence-corrected chi connectivity index (χ0v) is 7.84. The number of anilines is 1. The molecule has 2 rings (SSSR count). The van der Waals surface area contributed by atoms with Gasteiger partial charge in [-0.1, -0.05) is 0 Å². The summed E-state index contributed by atoms with van der Waals surface area (Å²) in [6.07, 6.45) is 1.29. The fraction of sp³-hybridized carbons (Fsp3) is 0. The van der Waals surface area contributed by atoms with Gasteiger partial charge in [0.25, 0.3) is 0 Å². The number of imidazole rings is 1. The Morgan fingerprint density at radius 1 is 1.57 bits per heavy atom. The average molecular weight is 209 g/mol. The van der Waals surface area contributed by atoms with E-state index in [4.69, 9.17) is 10.8 Å². The predicted molar refractivity (Wildman–Crippen MR) is 53.3 cm³/mol. The molecule has 2 aromatic rings. The fourth-order valence-electron chi connectivity index (χ4n) is 1.04. The minimum Gasteiger partial charge on any atom is -0.477 e. The highest BCUT2D eigenvalue weighted by Crippen LogP contribution is 2.26. The summed E-state index contributed by atoms with van der Waals surface area (Å²) in [7, 11) is 0. The summed E-state index contributed by atoms with van der Waals surface area (Å²) >= 11 is 1.36. The van der Waals surface area contributed by atoms with Crippen molar-refractivity contribution in [2.45, 2.75) is 0 Å². The number of nitrogens with one attached hydrogen (secondary N) is 1. The quantitative estimate of drug-likeness (QED) is 0.697. The van der Waals surface area contributed by atoms with Crippen LogP contribution in [0.25, 0.3) is 10.7 Å². The van der Waals surface area contributed by atoms with E-state index in [9.17, 15) is 4.79 Å². The number of thiophene rings is 1. The molecule has 0 unspecified atom stereocenters. The molecule has 0 aliphatic heterocycles. The number of carboxylic acid groups (broad SMARTS) is 1. The molecule has 0 aliphatic rings. The molecule has 2 heterocycles. The van der Waals surface area contributed by atoms with Crippen LogP contribution in [-0.2, 0) is 0 Å². The lowest BCUT2D eigenvalue weighted by Crippen LogP contribution is -1.95. The molecule has 5 nitrogen and oxygen atoms in total. The number of nitrogens with zero attached hydrogens (tertiary/aromatic N) is 1. The molecule has 0 saturated carbocycles. The highest BCUT2D eigenvalue weighted by Gasteiger charge is 2.09. The number of aromatic nitrogens is 2. The van der Waals surface area contributed by atoms with Gasteiger partial charge in [0.05, 0.1) is 16.1 Å². The first-order valence-corrected chi connectivity index (χ1v) is 4.62. The van der Waals surface area contributed by atoms with Crippen molar-refractivity contribution in [3.05, 3.63) is 24.0 Å². The number of rotatable bonds is 2. The van der Waals surface area contributed by atoms with Crippen LogP contribution in [0.4, 0.5) is 5.00 Å². The number of aromatic carboxylic acids is 1. The Balaban J connectivity index is 2.38. The van der Waals surface area contributed by atoms with Crippen LogP contribution < -0.4 is 5.73 Å². The molecule has 0 saturated heterocycles. The third-order valence-corrected chi connectivity index (χ3v) is 2.59. The molecule has 6 heteroatoms. The van der Waals surface area contributed by atoms with Crippen molar-refractivity contribution in [1.82, 2.24) is 9.97 Å². The maximum atomic E-state index is 10.6. The van der Waals surface area contributed by atoms with Crippen molar-refractivity contribution < 1.29 is 9.90 Å². The molecular weight excluding hydrogens is 202 g/mol. The second kappa shape index (κ2) is 3.15. The molecule has 0 aromatic carbocycles. The standard InChI is InChI=1S/C8H7N3O2S/c9-6-2-1-5(14-6)7-10-3-4(11-7)8(12)13/h1-3H,9H2,(H,10,11)(H,12,13). The largest absolute Gasteiger partial charge is 0.477 e. The van der Waals surface area contributed by atoms with Crippen molar-refractivity contribution in [2.24, 2.45) is 0 Å². The van der Waals surface area contributed by atoms with Gasteiger partial charge in [-0.15, -0.1) is 11.3 Å². The molecule has 0 bridgehead atoms. The van der Waals surface area contributed by atoms with E-state index in [1.165, 1.54) is 17.5 Å². The van der Waals surface area contributed by atoms with Crippen LogP contribution in [0.2, 0.25) is 0 Å². The van der Waals surface area contributed by atoms with E-state index >= 15 is 0 Å². The van der Waals surface area contributed by atoms with Gasteiger partial charge in [0.1, 0.15) is 11.5 Å². The topological polar surface area (TPSA) is 92.0 Å².